The van der Waals surface area contributed by atoms with Crippen molar-refractivity contribution < 1.29 is 10.2 Å². The number of rotatable bonds is 1. The van der Waals surface area contributed by atoms with Crippen LogP contribution in [0.4, 0.5) is 0 Å². The second kappa shape index (κ2) is 4.10. The molecule has 0 amide bonds. The summed E-state index contributed by atoms with van der Waals surface area (Å²) in [6, 6.07) is 0. The maximum atomic E-state index is 10.2. The van der Waals surface area contributed by atoms with E-state index >= 15 is 0 Å². The Hall–Kier alpha value is -0.340. The number of hydrogen-bond donors (Lipinski definition) is 2. The Morgan fingerprint density at radius 3 is 2.65 bits per heavy atom. The normalized spacial score (nSPS) is 43.4. The molecule has 2 aliphatic rings. The summed E-state index contributed by atoms with van der Waals surface area (Å²) in [6.45, 7) is 10.3. The fourth-order valence-electron chi connectivity index (χ4n) is 3.97. The molecule has 2 fully saturated rings. The van der Waals surface area contributed by atoms with E-state index in [9.17, 15) is 10.2 Å². The van der Waals surface area contributed by atoms with Crippen molar-refractivity contribution in [2.24, 2.45) is 17.3 Å². The second-order valence-corrected chi connectivity index (χ2v) is 7.05. The van der Waals surface area contributed by atoms with Crippen LogP contribution < -0.4 is 0 Å². The SMILES string of the molecule is C=C1C[C@@H](O)C[C@@]2(C)CC[C@H](C(C)(C)O)CC12. The Labute approximate surface area is 105 Å². The first kappa shape index (κ1) is 13.1. The highest BCUT2D eigenvalue weighted by atomic mass is 16.3. The predicted molar refractivity (Wildman–Crippen MR) is 69.6 cm³/mol. The molecule has 2 nitrogen and oxygen atoms in total. The molecule has 0 aliphatic heterocycles. The Morgan fingerprint density at radius 1 is 1.41 bits per heavy atom. The van der Waals surface area contributed by atoms with Gasteiger partial charge in [0.05, 0.1) is 11.7 Å². The van der Waals surface area contributed by atoms with Gasteiger partial charge in [-0.15, -0.1) is 0 Å². The first-order chi connectivity index (χ1) is 7.72. The lowest BCUT2D eigenvalue weighted by Gasteiger charge is -2.51. The van der Waals surface area contributed by atoms with Gasteiger partial charge in [-0.25, -0.2) is 0 Å². The predicted octanol–water partition coefficient (Wildman–Crippen LogP) is 2.89. The summed E-state index contributed by atoms with van der Waals surface area (Å²) in [6.07, 6.45) is 4.64. The maximum Gasteiger partial charge on any atom is 0.0620 e. The summed E-state index contributed by atoms with van der Waals surface area (Å²) in [7, 11) is 0. The molecule has 2 N–H and O–H groups in total. The van der Waals surface area contributed by atoms with Crippen LogP contribution >= 0.6 is 0 Å². The van der Waals surface area contributed by atoms with Crippen LogP contribution in [-0.2, 0) is 0 Å². The molecule has 0 aromatic heterocycles. The summed E-state index contributed by atoms with van der Waals surface area (Å²) in [5.74, 6) is 0.851. The van der Waals surface area contributed by atoms with E-state index in [2.05, 4.69) is 13.5 Å². The lowest BCUT2D eigenvalue weighted by Crippen LogP contribution is -2.46. The first-order valence-electron chi connectivity index (χ1n) is 6.80. The molecule has 98 valence electrons. The van der Waals surface area contributed by atoms with Crippen molar-refractivity contribution in [3.63, 3.8) is 0 Å². The van der Waals surface area contributed by atoms with Gasteiger partial charge >= 0.3 is 0 Å². The van der Waals surface area contributed by atoms with E-state index in [1.165, 1.54) is 5.57 Å². The highest BCUT2D eigenvalue weighted by Gasteiger charge is 2.47. The monoisotopic (exact) mass is 238 g/mol. The highest BCUT2D eigenvalue weighted by molar-refractivity contribution is 5.15. The van der Waals surface area contributed by atoms with E-state index < -0.39 is 5.60 Å². The van der Waals surface area contributed by atoms with Gasteiger partial charge in [0.1, 0.15) is 0 Å². The molecule has 1 unspecified atom stereocenters. The quantitative estimate of drug-likeness (QED) is 0.690. The number of hydrogen-bond acceptors (Lipinski definition) is 2. The smallest absolute Gasteiger partial charge is 0.0620 e. The van der Waals surface area contributed by atoms with E-state index in [1.807, 2.05) is 13.8 Å². The van der Waals surface area contributed by atoms with Crippen LogP contribution in [0.25, 0.3) is 0 Å². The zero-order valence-electron chi connectivity index (χ0n) is 11.4. The second-order valence-electron chi connectivity index (χ2n) is 7.05. The van der Waals surface area contributed by atoms with E-state index in [0.29, 0.717) is 11.8 Å². The molecule has 0 radical (unpaired) electrons. The van der Waals surface area contributed by atoms with Crippen LogP contribution in [0.3, 0.4) is 0 Å². The van der Waals surface area contributed by atoms with Gasteiger partial charge in [-0.05, 0) is 63.2 Å². The molecule has 0 spiro atoms. The lowest BCUT2D eigenvalue weighted by atomic mass is 9.55. The fourth-order valence-corrected chi connectivity index (χ4v) is 3.97. The number of aliphatic hydroxyl groups is 2. The Balaban J connectivity index is 2.17. The fraction of sp³-hybridized carbons (Fsp3) is 0.867. The van der Waals surface area contributed by atoms with Crippen molar-refractivity contribution in [2.45, 2.75) is 64.6 Å². The van der Waals surface area contributed by atoms with Gasteiger partial charge in [0.15, 0.2) is 0 Å². The van der Waals surface area contributed by atoms with Crippen molar-refractivity contribution in [1.29, 1.82) is 0 Å². The van der Waals surface area contributed by atoms with Crippen molar-refractivity contribution in [3.8, 4) is 0 Å². The Morgan fingerprint density at radius 2 is 2.06 bits per heavy atom. The molecular formula is C15H26O2. The van der Waals surface area contributed by atoms with Gasteiger partial charge < -0.3 is 10.2 Å². The third-order valence-electron chi connectivity index (χ3n) is 5.12. The molecule has 2 aliphatic carbocycles. The zero-order chi connectivity index (χ0) is 12.8. The van der Waals surface area contributed by atoms with Crippen LogP contribution in [0, 0.1) is 17.3 Å². The van der Waals surface area contributed by atoms with Gasteiger partial charge in [0, 0.05) is 0 Å². The molecule has 2 saturated carbocycles. The number of aliphatic hydroxyl groups excluding tert-OH is 1. The average molecular weight is 238 g/mol. The molecular weight excluding hydrogens is 212 g/mol. The molecule has 2 heteroatoms. The Kier molecular flexibility index (Phi) is 3.16. The molecule has 0 bridgehead atoms. The summed E-state index contributed by atoms with van der Waals surface area (Å²) in [5, 5.41) is 20.1. The van der Waals surface area contributed by atoms with E-state index in [-0.39, 0.29) is 11.5 Å². The maximum absolute atomic E-state index is 10.2. The minimum Gasteiger partial charge on any atom is -0.393 e. The van der Waals surface area contributed by atoms with E-state index in [0.717, 1.165) is 32.1 Å². The van der Waals surface area contributed by atoms with Crippen LogP contribution in [-0.4, -0.2) is 21.9 Å². The molecule has 2 rings (SSSR count). The lowest BCUT2D eigenvalue weighted by molar-refractivity contribution is -0.0565. The minimum absolute atomic E-state index is 0.205. The highest BCUT2D eigenvalue weighted by Crippen LogP contribution is 2.54. The first-order valence-corrected chi connectivity index (χ1v) is 6.80. The van der Waals surface area contributed by atoms with Crippen LogP contribution in [0.15, 0.2) is 12.2 Å². The van der Waals surface area contributed by atoms with Gasteiger partial charge in [-0.2, -0.15) is 0 Å². The standard InChI is InChI=1S/C15H26O2/c1-10-7-12(16)9-15(4)6-5-11(8-13(10)15)14(2,3)17/h11-13,16-17H,1,5-9H2,2-4H3/t11-,12+,13?,15+/m0/s1. The molecule has 4 atom stereocenters. The molecule has 0 heterocycles. The minimum atomic E-state index is -0.586. The van der Waals surface area contributed by atoms with Crippen LogP contribution in [0.1, 0.15) is 52.9 Å². The third kappa shape index (κ3) is 2.43. The van der Waals surface area contributed by atoms with Crippen LogP contribution in [0.2, 0.25) is 0 Å². The topological polar surface area (TPSA) is 40.5 Å². The largest absolute Gasteiger partial charge is 0.393 e. The Bertz CT molecular complexity index is 315. The zero-order valence-corrected chi connectivity index (χ0v) is 11.4. The van der Waals surface area contributed by atoms with Crippen molar-refractivity contribution >= 4 is 0 Å². The van der Waals surface area contributed by atoms with Crippen molar-refractivity contribution in [3.05, 3.63) is 12.2 Å². The van der Waals surface area contributed by atoms with E-state index in [4.69, 9.17) is 0 Å². The van der Waals surface area contributed by atoms with E-state index in [1.54, 1.807) is 0 Å². The summed E-state index contributed by atoms with van der Waals surface area (Å²) in [4.78, 5) is 0. The molecule has 0 saturated heterocycles. The average Bonchev–Trinajstić information content (AvgIpc) is 2.13. The van der Waals surface area contributed by atoms with Gasteiger partial charge in [0.2, 0.25) is 0 Å². The van der Waals surface area contributed by atoms with Crippen molar-refractivity contribution in [1.82, 2.24) is 0 Å². The molecule has 0 aromatic carbocycles. The van der Waals surface area contributed by atoms with Crippen LogP contribution in [0.5, 0.6) is 0 Å². The summed E-state index contributed by atoms with van der Waals surface area (Å²) >= 11 is 0. The number of fused-ring (bicyclic) bond motifs is 1. The molecule has 17 heavy (non-hydrogen) atoms. The van der Waals surface area contributed by atoms with Gasteiger partial charge in [-0.3, -0.25) is 0 Å². The molecule has 0 aromatic rings. The summed E-state index contributed by atoms with van der Waals surface area (Å²) < 4.78 is 0. The summed E-state index contributed by atoms with van der Waals surface area (Å²) in [5.41, 5.74) is 0.814. The van der Waals surface area contributed by atoms with Gasteiger partial charge in [-0.1, -0.05) is 19.1 Å². The van der Waals surface area contributed by atoms with Crippen molar-refractivity contribution in [2.75, 3.05) is 0 Å². The third-order valence-corrected chi connectivity index (χ3v) is 5.12. The van der Waals surface area contributed by atoms with Gasteiger partial charge in [0.25, 0.3) is 0 Å².